The Kier molecular flexibility index (Phi) is 1.90. The Morgan fingerprint density at radius 2 is 2.09 bits per heavy atom. The molecule has 0 radical (unpaired) electrons. The maximum atomic E-state index is 9.11. The quantitative estimate of drug-likeness (QED) is 0.632. The second kappa shape index (κ2) is 2.76. The molecule has 0 saturated heterocycles. The minimum absolute atomic E-state index is 0.141. The van der Waals surface area contributed by atoms with Crippen LogP contribution in [0.1, 0.15) is 32.1 Å². The van der Waals surface area contributed by atoms with Gasteiger partial charge in [0.15, 0.2) is 0 Å². The molecular formula is C9H17NO. The molecule has 2 nitrogen and oxygen atoms in total. The van der Waals surface area contributed by atoms with Gasteiger partial charge in [-0.15, -0.1) is 0 Å². The van der Waals surface area contributed by atoms with Crippen molar-refractivity contribution >= 4 is 0 Å². The number of aliphatic hydroxyl groups is 1. The van der Waals surface area contributed by atoms with E-state index in [1.165, 1.54) is 32.1 Å². The molecular weight excluding hydrogens is 138 g/mol. The van der Waals surface area contributed by atoms with E-state index >= 15 is 0 Å². The number of rotatable bonds is 4. The molecule has 0 bridgehead atoms. The standard InChI is InChI=1S/C9H17NO/c11-7-9(4-1-5-9)10-6-8-2-3-8/h8,10-11H,1-7H2. The van der Waals surface area contributed by atoms with Crippen LogP contribution in [0.25, 0.3) is 0 Å². The van der Waals surface area contributed by atoms with E-state index in [9.17, 15) is 0 Å². The third kappa shape index (κ3) is 1.57. The van der Waals surface area contributed by atoms with E-state index in [0.29, 0.717) is 6.61 Å². The molecule has 0 atom stereocenters. The summed E-state index contributed by atoms with van der Waals surface area (Å²) in [7, 11) is 0. The van der Waals surface area contributed by atoms with Gasteiger partial charge < -0.3 is 10.4 Å². The van der Waals surface area contributed by atoms with Crippen molar-refractivity contribution in [1.29, 1.82) is 0 Å². The molecule has 2 aliphatic carbocycles. The molecule has 0 amide bonds. The topological polar surface area (TPSA) is 32.3 Å². The van der Waals surface area contributed by atoms with Crippen LogP contribution < -0.4 is 5.32 Å². The lowest BCUT2D eigenvalue weighted by molar-refractivity contribution is 0.0879. The Balaban J connectivity index is 1.72. The molecule has 2 saturated carbocycles. The van der Waals surface area contributed by atoms with Crippen molar-refractivity contribution in [2.24, 2.45) is 5.92 Å². The first kappa shape index (κ1) is 7.56. The first-order valence-electron chi connectivity index (χ1n) is 4.71. The van der Waals surface area contributed by atoms with Gasteiger partial charge in [-0.1, -0.05) is 0 Å². The fourth-order valence-corrected chi connectivity index (χ4v) is 1.68. The molecule has 2 heteroatoms. The molecule has 2 rings (SSSR count). The van der Waals surface area contributed by atoms with Crippen LogP contribution in [0.2, 0.25) is 0 Å². The zero-order chi connectivity index (χ0) is 7.73. The van der Waals surface area contributed by atoms with Gasteiger partial charge in [-0.3, -0.25) is 0 Å². The minimum Gasteiger partial charge on any atom is -0.394 e. The molecule has 0 aromatic carbocycles. The van der Waals surface area contributed by atoms with Gasteiger partial charge in [-0.2, -0.15) is 0 Å². The summed E-state index contributed by atoms with van der Waals surface area (Å²) in [5, 5.41) is 12.6. The average Bonchev–Trinajstić information content (AvgIpc) is 2.70. The maximum absolute atomic E-state index is 9.11. The van der Waals surface area contributed by atoms with Gasteiger partial charge in [-0.25, -0.2) is 0 Å². The van der Waals surface area contributed by atoms with Crippen molar-refractivity contribution in [2.75, 3.05) is 13.2 Å². The van der Waals surface area contributed by atoms with Gasteiger partial charge in [0.1, 0.15) is 0 Å². The smallest absolute Gasteiger partial charge is 0.0613 e. The third-order valence-corrected chi connectivity index (χ3v) is 3.08. The molecule has 0 aromatic rings. The minimum atomic E-state index is 0.141. The Labute approximate surface area is 68.0 Å². The fourth-order valence-electron chi connectivity index (χ4n) is 1.68. The van der Waals surface area contributed by atoms with Gasteiger partial charge in [-0.05, 0) is 44.6 Å². The van der Waals surface area contributed by atoms with Crippen molar-refractivity contribution in [1.82, 2.24) is 5.32 Å². The molecule has 0 unspecified atom stereocenters. The summed E-state index contributed by atoms with van der Waals surface area (Å²) in [6, 6.07) is 0. The van der Waals surface area contributed by atoms with E-state index in [2.05, 4.69) is 5.32 Å². The normalized spacial score (nSPS) is 28.1. The van der Waals surface area contributed by atoms with E-state index in [1.54, 1.807) is 0 Å². The summed E-state index contributed by atoms with van der Waals surface area (Å²) in [5.41, 5.74) is 0.141. The largest absolute Gasteiger partial charge is 0.394 e. The first-order chi connectivity index (χ1) is 5.35. The molecule has 11 heavy (non-hydrogen) atoms. The van der Waals surface area contributed by atoms with Gasteiger partial charge in [0.25, 0.3) is 0 Å². The summed E-state index contributed by atoms with van der Waals surface area (Å²) in [5.74, 6) is 0.930. The molecule has 64 valence electrons. The molecule has 2 aliphatic rings. The van der Waals surface area contributed by atoms with Gasteiger partial charge >= 0.3 is 0 Å². The zero-order valence-electron chi connectivity index (χ0n) is 6.97. The van der Waals surface area contributed by atoms with Crippen LogP contribution in [0.3, 0.4) is 0 Å². The number of hydrogen-bond donors (Lipinski definition) is 2. The van der Waals surface area contributed by atoms with Crippen LogP contribution >= 0.6 is 0 Å². The molecule has 2 N–H and O–H groups in total. The summed E-state index contributed by atoms with van der Waals surface area (Å²) in [4.78, 5) is 0. The lowest BCUT2D eigenvalue weighted by Crippen LogP contribution is -2.54. The van der Waals surface area contributed by atoms with E-state index in [0.717, 1.165) is 12.5 Å². The van der Waals surface area contributed by atoms with Crippen LogP contribution in [0, 0.1) is 5.92 Å². The molecule has 0 aliphatic heterocycles. The highest BCUT2D eigenvalue weighted by Gasteiger charge is 2.37. The Bertz CT molecular complexity index is 133. The number of aliphatic hydroxyl groups excluding tert-OH is 1. The molecule has 2 fully saturated rings. The van der Waals surface area contributed by atoms with Gasteiger partial charge in [0.05, 0.1) is 6.61 Å². The highest BCUT2D eigenvalue weighted by molar-refractivity contribution is 4.96. The Hall–Kier alpha value is -0.0800. The zero-order valence-corrected chi connectivity index (χ0v) is 6.97. The second-order valence-electron chi connectivity index (χ2n) is 4.12. The van der Waals surface area contributed by atoms with E-state index < -0.39 is 0 Å². The fraction of sp³-hybridized carbons (Fsp3) is 1.00. The van der Waals surface area contributed by atoms with Gasteiger partial charge in [0, 0.05) is 5.54 Å². The predicted molar refractivity (Wildman–Crippen MR) is 44.4 cm³/mol. The van der Waals surface area contributed by atoms with Crippen LogP contribution in [-0.4, -0.2) is 23.8 Å². The lowest BCUT2D eigenvalue weighted by Gasteiger charge is -2.41. The van der Waals surface area contributed by atoms with Gasteiger partial charge in [0.2, 0.25) is 0 Å². The van der Waals surface area contributed by atoms with Crippen LogP contribution in [0.4, 0.5) is 0 Å². The summed E-state index contributed by atoms with van der Waals surface area (Å²) in [6.07, 6.45) is 6.44. The van der Waals surface area contributed by atoms with E-state index in [4.69, 9.17) is 5.11 Å². The number of nitrogens with one attached hydrogen (secondary N) is 1. The maximum Gasteiger partial charge on any atom is 0.0613 e. The molecule has 0 aromatic heterocycles. The van der Waals surface area contributed by atoms with Crippen molar-refractivity contribution in [3.8, 4) is 0 Å². The predicted octanol–water partition coefficient (Wildman–Crippen LogP) is 0.901. The van der Waals surface area contributed by atoms with Crippen molar-refractivity contribution in [2.45, 2.75) is 37.6 Å². The molecule has 0 heterocycles. The van der Waals surface area contributed by atoms with E-state index in [-0.39, 0.29) is 5.54 Å². The van der Waals surface area contributed by atoms with Crippen LogP contribution in [0.15, 0.2) is 0 Å². The third-order valence-electron chi connectivity index (χ3n) is 3.08. The second-order valence-corrected chi connectivity index (χ2v) is 4.12. The molecule has 0 spiro atoms. The van der Waals surface area contributed by atoms with Crippen molar-refractivity contribution in [3.63, 3.8) is 0 Å². The summed E-state index contributed by atoms with van der Waals surface area (Å²) in [6.45, 7) is 1.47. The average molecular weight is 155 g/mol. The Morgan fingerprint density at radius 3 is 2.45 bits per heavy atom. The summed E-state index contributed by atoms with van der Waals surface area (Å²) < 4.78 is 0. The highest BCUT2D eigenvalue weighted by atomic mass is 16.3. The van der Waals surface area contributed by atoms with Crippen LogP contribution in [-0.2, 0) is 0 Å². The SMILES string of the molecule is OCC1(NCC2CC2)CCC1. The monoisotopic (exact) mass is 155 g/mol. The number of hydrogen-bond acceptors (Lipinski definition) is 2. The first-order valence-corrected chi connectivity index (χ1v) is 4.71. The highest BCUT2D eigenvalue weighted by Crippen LogP contribution is 2.34. The lowest BCUT2D eigenvalue weighted by atomic mass is 9.77. The van der Waals surface area contributed by atoms with E-state index in [1.807, 2.05) is 0 Å². The van der Waals surface area contributed by atoms with Crippen LogP contribution in [0.5, 0.6) is 0 Å². The Morgan fingerprint density at radius 1 is 1.36 bits per heavy atom. The van der Waals surface area contributed by atoms with Crippen molar-refractivity contribution < 1.29 is 5.11 Å². The van der Waals surface area contributed by atoms with Crippen molar-refractivity contribution in [3.05, 3.63) is 0 Å². The summed E-state index contributed by atoms with van der Waals surface area (Å²) >= 11 is 0.